The number of rotatable bonds is 10. The Labute approximate surface area is 269 Å². The highest BCUT2D eigenvalue weighted by molar-refractivity contribution is 5.84. The predicted octanol–water partition coefficient (Wildman–Crippen LogP) is 6.09. The number of likely N-dealkylation sites (tertiary alicyclic amines) is 1. The Morgan fingerprint density at radius 3 is 2.17 bits per heavy atom. The van der Waals surface area contributed by atoms with Crippen LogP contribution in [0.25, 0.3) is 33.9 Å². The molecule has 0 spiro atoms. The summed E-state index contributed by atoms with van der Waals surface area (Å²) in [6, 6.07) is 18.2. The third-order valence-corrected chi connectivity index (χ3v) is 9.38. The van der Waals surface area contributed by atoms with Crippen LogP contribution in [0.2, 0.25) is 0 Å². The summed E-state index contributed by atoms with van der Waals surface area (Å²) < 4.78 is 0. The first-order valence-electron chi connectivity index (χ1n) is 16.5. The Morgan fingerprint density at radius 1 is 0.804 bits per heavy atom. The average molecular weight is 616 g/mol. The molecule has 3 aromatic heterocycles. The van der Waals surface area contributed by atoms with Crippen LogP contribution in [0.3, 0.4) is 0 Å². The minimum atomic E-state index is -0.304. The minimum absolute atomic E-state index is 0.0745. The maximum Gasteiger partial charge on any atom is 0.245 e. The van der Waals surface area contributed by atoms with Crippen LogP contribution >= 0.6 is 0 Å². The second-order valence-corrected chi connectivity index (χ2v) is 12.1. The molecule has 0 radical (unpaired) electrons. The normalized spacial score (nSPS) is 18.8. The number of benzene rings is 2. The van der Waals surface area contributed by atoms with Gasteiger partial charge < -0.3 is 20.2 Å². The van der Waals surface area contributed by atoms with E-state index < -0.39 is 0 Å². The molecule has 5 aromatic rings. The van der Waals surface area contributed by atoms with Crippen LogP contribution in [0, 0.1) is 0 Å². The van der Waals surface area contributed by atoms with Gasteiger partial charge in [0.05, 0.1) is 35.9 Å². The number of hydrogen-bond donors (Lipinski definition) is 3. The summed E-state index contributed by atoms with van der Waals surface area (Å²) >= 11 is 0. The highest BCUT2D eigenvalue weighted by atomic mass is 16.2. The molecule has 46 heavy (non-hydrogen) atoms. The van der Waals surface area contributed by atoms with E-state index in [0.717, 1.165) is 90.7 Å². The number of nitrogens with zero attached hydrogens (tertiary/aromatic N) is 6. The Balaban J connectivity index is 1.05. The molecule has 10 nitrogen and oxygen atoms in total. The Kier molecular flexibility index (Phi) is 8.72. The lowest BCUT2D eigenvalue weighted by atomic mass is 10.0. The van der Waals surface area contributed by atoms with Crippen molar-refractivity contribution in [3.8, 4) is 33.9 Å². The van der Waals surface area contributed by atoms with Crippen LogP contribution in [-0.4, -0.2) is 71.8 Å². The van der Waals surface area contributed by atoms with Gasteiger partial charge in [-0.3, -0.25) is 9.69 Å². The van der Waals surface area contributed by atoms with Gasteiger partial charge in [-0.1, -0.05) is 68.4 Å². The SMILES string of the molecule is CCN(CC)[C@@H](C(=O)N1CCC[C@H]1c1ncc(-c2ccc(-c3ncc(-c4cnc([C@@H]5CCCN5)[nH]4)cn3)cc2)[nH]1)c1ccccc1. The largest absolute Gasteiger partial charge is 0.341 e. The van der Waals surface area contributed by atoms with Gasteiger partial charge in [0.25, 0.3) is 0 Å². The third kappa shape index (κ3) is 5.98. The highest BCUT2D eigenvalue weighted by Gasteiger charge is 2.38. The van der Waals surface area contributed by atoms with Gasteiger partial charge in [-0.15, -0.1) is 0 Å². The fraction of sp³-hybridized carbons (Fsp3) is 0.361. The lowest BCUT2D eigenvalue weighted by Crippen LogP contribution is -2.43. The number of likely N-dealkylation sites (N-methyl/N-ethyl adjacent to an activating group) is 1. The fourth-order valence-corrected chi connectivity index (χ4v) is 6.85. The fourth-order valence-electron chi connectivity index (χ4n) is 6.85. The Hall–Kier alpha value is -4.67. The number of carbonyl (C=O) groups is 1. The van der Waals surface area contributed by atoms with Gasteiger partial charge >= 0.3 is 0 Å². The Bertz CT molecular complexity index is 1740. The summed E-state index contributed by atoms with van der Waals surface area (Å²) in [5.41, 5.74) is 5.75. The summed E-state index contributed by atoms with van der Waals surface area (Å²) in [6.07, 6.45) is 11.5. The number of amides is 1. The molecule has 0 unspecified atom stereocenters. The average Bonchev–Trinajstić information content (AvgIpc) is 3.94. The molecule has 0 bridgehead atoms. The zero-order valence-electron chi connectivity index (χ0n) is 26.5. The van der Waals surface area contributed by atoms with Crippen molar-refractivity contribution in [1.29, 1.82) is 0 Å². The van der Waals surface area contributed by atoms with Crippen molar-refractivity contribution >= 4 is 5.91 Å². The number of hydrogen-bond acceptors (Lipinski definition) is 7. The van der Waals surface area contributed by atoms with E-state index in [1.165, 1.54) is 6.42 Å². The summed E-state index contributed by atoms with van der Waals surface area (Å²) in [5, 5.41) is 3.48. The monoisotopic (exact) mass is 615 g/mol. The lowest BCUT2D eigenvalue weighted by Gasteiger charge is -2.34. The minimum Gasteiger partial charge on any atom is -0.341 e. The first kappa shape index (κ1) is 30.0. The van der Waals surface area contributed by atoms with Crippen LogP contribution in [0.15, 0.2) is 79.4 Å². The molecule has 3 N–H and O–H groups in total. The number of nitrogens with one attached hydrogen (secondary N) is 3. The van der Waals surface area contributed by atoms with Crippen molar-refractivity contribution in [2.45, 2.75) is 57.7 Å². The third-order valence-electron chi connectivity index (χ3n) is 9.38. The zero-order valence-corrected chi connectivity index (χ0v) is 26.5. The van der Waals surface area contributed by atoms with Gasteiger partial charge in [0.15, 0.2) is 5.82 Å². The maximum absolute atomic E-state index is 14.1. The van der Waals surface area contributed by atoms with Crippen molar-refractivity contribution < 1.29 is 4.79 Å². The molecule has 2 aliphatic rings. The molecule has 7 rings (SSSR count). The predicted molar refractivity (Wildman–Crippen MR) is 178 cm³/mol. The van der Waals surface area contributed by atoms with Crippen LogP contribution in [0.5, 0.6) is 0 Å². The van der Waals surface area contributed by atoms with E-state index in [2.05, 4.69) is 73.2 Å². The van der Waals surface area contributed by atoms with E-state index in [0.29, 0.717) is 11.9 Å². The molecule has 5 heterocycles. The van der Waals surface area contributed by atoms with Gasteiger partial charge in [0, 0.05) is 30.1 Å². The van der Waals surface area contributed by atoms with Gasteiger partial charge in [0.2, 0.25) is 5.91 Å². The molecule has 236 valence electrons. The summed E-state index contributed by atoms with van der Waals surface area (Å²) in [4.78, 5) is 44.0. The molecule has 0 saturated carbocycles. The molecular formula is C36H41N9O. The quantitative estimate of drug-likeness (QED) is 0.174. The standard InChI is InChI=1S/C36H41N9O/c1-3-44(4-2)32(25-10-6-5-7-11-25)36(46)45-19-9-13-31(45)35-41-22-29(43-35)24-14-16-26(17-15-24)33-38-20-27(21-39-33)30-23-40-34(42-30)28-12-8-18-37-28/h5-7,10-11,14-17,20-23,28,31-32,37H,3-4,8-9,12-13,18-19H2,1-2H3,(H,40,42)(H,41,43)/t28-,31-,32+/m0/s1. The zero-order chi connectivity index (χ0) is 31.5. The van der Waals surface area contributed by atoms with Gasteiger partial charge in [-0.2, -0.15) is 0 Å². The van der Waals surface area contributed by atoms with Crippen molar-refractivity contribution in [1.82, 2.24) is 45.0 Å². The molecule has 3 atom stereocenters. The molecule has 2 fully saturated rings. The van der Waals surface area contributed by atoms with Crippen molar-refractivity contribution in [2.24, 2.45) is 0 Å². The van der Waals surface area contributed by atoms with E-state index in [9.17, 15) is 4.79 Å². The van der Waals surface area contributed by atoms with Crippen molar-refractivity contribution in [3.63, 3.8) is 0 Å². The first-order valence-corrected chi connectivity index (χ1v) is 16.5. The Morgan fingerprint density at radius 2 is 1.48 bits per heavy atom. The summed E-state index contributed by atoms with van der Waals surface area (Å²) in [6.45, 7) is 7.61. The maximum atomic E-state index is 14.1. The second kappa shape index (κ2) is 13.4. The van der Waals surface area contributed by atoms with Crippen molar-refractivity contribution in [2.75, 3.05) is 26.2 Å². The van der Waals surface area contributed by atoms with Crippen LogP contribution in [0.4, 0.5) is 0 Å². The molecule has 2 saturated heterocycles. The second-order valence-electron chi connectivity index (χ2n) is 12.1. The van der Waals surface area contributed by atoms with E-state index in [-0.39, 0.29) is 18.0 Å². The number of imidazole rings is 2. The van der Waals surface area contributed by atoms with E-state index in [1.54, 1.807) is 0 Å². The van der Waals surface area contributed by atoms with Gasteiger partial charge in [-0.25, -0.2) is 19.9 Å². The number of aromatic amines is 2. The van der Waals surface area contributed by atoms with Crippen molar-refractivity contribution in [3.05, 3.63) is 96.6 Å². The highest BCUT2D eigenvalue weighted by Crippen LogP contribution is 2.35. The first-order chi connectivity index (χ1) is 22.6. The van der Waals surface area contributed by atoms with Gasteiger partial charge in [-0.05, 0) is 56.4 Å². The smallest absolute Gasteiger partial charge is 0.245 e. The van der Waals surface area contributed by atoms with Gasteiger partial charge in [0.1, 0.15) is 17.7 Å². The number of aromatic nitrogens is 6. The van der Waals surface area contributed by atoms with E-state index in [1.807, 2.05) is 60.0 Å². The van der Waals surface area contributed by atoms with Crippen LogP contribution in [0.1, 0.15) is 74.9 Å². The molecule has 2 aromatic carbocycles. The van der Waals surface area contributed by atoms with E-state index in [4.69, 9.17) is 4.98 Å². The molecule has 10 heteroatoms. The molecule has 2 aliphatic heterocycles. The number of H-pyrrole nitrogens is 2. The van der Waals surface area contributed by atoms with Crippen LogP contribution < -0.4 is 5.32 Å². The molecular weight excluding hydrogens is 574 g/mol. The van der Waals surface area contributed by atoms with E-state index >= 15 is 0 Å². The molecule has 1 amide bonds. The summed E-state index contributed by atoms with van der Waals surface area (Å²) in [7, 11) is 0. The summed E-state index contributed by atoms with van der Waals surface area (Å²) in [5.74, 6) is 2.61. The molecule has 0 aliphatic carbocycles. The van der Waals surface area contributed by atoms with Crippen LogP contribution in [-0.2, 0) is 4.79 Å². The topological polar surface area (TPSA) is 119 Å². The number of carbonyl (C=O) groups excluding carboxylic acids is 1. The lowest BCUT2D eigenvalue weighted by molar-refractivity contribution is -0.138.